The molecule has 1 fully saturated rings. The quantitative estimate of drug-likeness (QED) is 0.943. The van der Waals surface area contributed by atoms with Gasteiger partial charge < -0.3 is 9.88 Å². The van der Waals surface area contributed by atoms with Crippen LogP contribution in [0.2, 0.25) is 0 Å². The van der Waals surface area contributed by atoms with Crippen molar-refractivity contribution in [1.82, 2.24) is 14.8 Å². The van der Waals surface area contributed by atoms with E-state index in [1.807, 2.05) is 42.3 Å². The van der Waals surface area contributed by atoms with E-state index in [1.165, 1.54) is 5.56 Å². The summed E-state index contributed by atoms with van der Waals surface area (Å²) in [6, 6.07) is 12.2. The maximum absolute atomic E-state index is 12.5. The van der Waals surface area contributed by atoms with Crippen LogP contribution in [0.25, 0.3) is 6.08 Å². The van der Waals surface area contributed by atoms with E-state index < -0.39 is 0 Å². The fourth-order valence-corrected chi connectivity index (χ4v) is 2.89. The number of carbonyl (C=O) groups is 1. The van der Waals surface area contributed by atoms with Crippen molar-refractivity contribution >= 4 is 12.0 Å². The van der Waals surface area contributed by atoms with Gasteiger partial charge in [-0.25, -0.2) is 0 Å². The molecule has 1 aromatic carbocycles. The summed E-state index contributed by atoms with van der Waals surface area (Å²) in [6.45, 7) is 6.31. The number of nitrogens with zero attached hydrogens (tertiary/aromatic N) is 2. The lowest BCUT2D eigenvalue weighted by Crippen LogP contribution is -2.48. The lowest BCUT2D eigenvalue weighted by Gasteiger charge is -2.34. The maximum Gasteiger partial charge on any atom is 0.255 e. The second-order valence-corrected chi connectivity index (χ2v) is 5.92. The number of piperazine rings is 1. The van der Waals surface area contributed by atoms with Crippen LogP contribution in [0.15, 0.2) is 48.7 Å². The highest BCUT2D eigenvalue weighted by molar-refractivity contribution is 5.95. The van der Waals surface area contributed by atoms with Crippen LogP contribution in [0.5, 0.6) is 0 Å². The molecule has 0 bridgehead atoms. The van der Waals surface area contributed by atoms with Gasteiger partial charge in [0.15, 0.2) is 0 Å². The molecule has 1 aliphatic heterocycles. The zero-order chi connectivity index (χ0) is 16.1. The van der Waals surface area contributed by atoms with Crippen molar-refractivity contribution in [3.63, 3.8) is 0 Å². The van der Waals surface area contributed by atoms with E-state index in [-0.39, 0.29) is 5.91 Å². The van der Waals surface area contributed by atoms with Crippen LogP contribution in [0, 0.1) is 6.92 Å². The maximum atomic E-state index is 12.5. The minimum atomic E-state index is 0.142. The Kier molecular flexibility index (Phi) is 4.93. The lowest BCUT2D eigenvalue weighted by molar-refractivity contribution is 0.0650. The van der Waals surface area contributed by atoms with E-state index in [9.17, 15) is 4.79 Å². The third-order valence-electron chi connectivity index (χ3n) is 4.32. The number of amides is 1. The molecule has 1 aromatic heterocycles. The first-order valence-corrected chi connectivity index (χ1v) is 8.11. The Morgan fingerprint density at radius 1 is 1.13 bits per heavy atom. The minimum absolute atomic E-state index is 0.142. The molecule has 4 heteroatoms. The fraction of sp³-hybridized carbons (Fsp3) is 0.316. The van der Waals surface area contributed by atoms with Crippen molar-refractivity contribution in [2.45, 2.75) is 6.92 Å². The van der Waals surface area contributed by atoms with E-state index in [0.29, 0.717) is 0 Å². The predicted octanol–water partition coefficient (Wildman–Crippen LogP) is 2.79. The van der Waals surface area contributed by atoms with Crippen LogP contribution in [0.4, 0.5) is 0 Å². The largest absolute Gasteiger partial charge is 0.365 e. The Hall–Kier alpha value is -2.33. The predicted molar refractivity (Wildman–Crippen MR) is 93.3 cm³/mol. The van der Waals surface area contributed by atoms with E-state index >= 15 is 0 Å². The van der Waals surface area contributed by atoms with Crippen molar-refractivity contribution in [3.8, 4) is 0 Å². The summed E-state index contributed by atoms with van der Waals surface area (Å²) in [5.41, 5.74) is 2.97. The number of hydrogen-bond donors (Lipinski definition) is 1. The van der Waals surface area contributed by atoms with Gasteiger partial charge >= 0.3 is 0 Å². The monoisotopic (exact) mass is 309 g/mol. The van der Waals surface area contributed by atoms with Gasteiger partial charge in [-0.3, -0.25) is 9.69 Å². The molecule has 4 nitrogen and oxygen atoms in total. The van der Waals surface area contributed by atoms with Gasteiger partial charge in [0.1, 0.15) is 0 Å². The van der Waals surface area contributed by atoms with Crippen molar-refractivity contribution in [1.29, 1.82) is 0 Å². The number of aryl methyl sites for hydroxylation is 1. The molecule has 1 aliphatic rings. The minimum Gasteiger partial charge on any atom is -0.365 e. The lowest BCUT2D eigenvalue weighted by atomic mass is 10.2. The van der Waals surface area contributed by atoms with Gasteiger partial charge in [0.05, 0.1) is 5.56 Å². The van der Waals surface area contributed by atoms with Gasteiger partial charge in [-0.05, 0) is 18.6 Å². The van der Waals surface area contributed by atoms with Crippen molar-refractivity contribution < 1.29 is 4.79 Å². The molecule has 0 saturated carbocycles. The standard InChI is InChI=1S/C19H23N3O/c1-16-18(9-10-20-16)19(23)22-14-12-21(13-15-22)11-5-8-17-6-3-2-4-7-17/h2-10,20H,11-15H2,1H3/b8-5+. The number of benzene rings is 1. The summed E-state index contributed by atoms with van der Waals surface area (Å²) in [7, 11) is 0. The van der Waals surface area contributed by atoms with Crippen LogP contribution >= 0.6 is 0 Å². The molecule has 1 saturated heterocycles. The molecule has 0 spiro atoms. The molecule has 120 valence electrons. The highest BCUT2D eigenvalue weighted by atomic mass is 16.2. The number of aromatic nitrogens is 1. The highest BCUT2D eigenvalue weighted by Gasteiger charge is 2.22. The first-order chi connectivity index (χ1) is 11.2. The van der Waals surface area contributed by atoms with Gasteiger partial charge in [-0.1, -0.05) is 42.5 Å². The molecular formula is C19H23N3O. The first-order valence-electron chi connectivity index (χ1n) is 8.11. The van der Waals surface area contributed by atoms with Gasteiger partial charge in [0, 0.05) is 44.6 Å². The van der Waals surface area contributed by atoms with Crippen LogP contribution < -0.4 is 0 Å². The van der Waals surface area contributed by atoms with Crippen LogP contribution in [0.1, 0.15) is 21.6 Å². The number of hydrogen-bond acceptors (Lipinski definition) is 2. The number of rotatable bonds is 4. The molecule has 1 amide bonds. The van der Waals surface area contributed by atoms with E-state index in [1.54, 1.807) is 0 Å². The van der Waals surface area contributed by atoms with Crippen molar-refractivity contribution in [2.75, 3.05) is 32.7 Å². The Morgan fingerprint density at radius 3 is 2.52 bits per heavy atom. The van der Waals surface area contributed by atoms with Gasteiger partial charge in [-0.2, -0.15) is 0 Å². The SMILES string of the molecule is Cc1[nH]ccc1C(=O)N1CCN(C/C=C/c2ccccc2)CC1. The summed E-state index contributed by atoms with van der Waals surface area (Å²) in [5, 5.41) is 0. The molecule has 0 radical (unpaired) electrons. The van der Waals surface area contributed by atoms with Crippen LogP contribution in [-0.2, 0) is 0 Å². The van der Waals surface area contributed by atoms with Crippen LogP contribution in [-0.4, -0.2) is 53.4 Å². The summed E-state index contributed by atoms with van der Waals surface area (Å²) in [4.78, 5) is 19.9. The number of carbonyl (C=O) groups excluding carboxylic acids is 1. The van der Waals surface area contributed by atoms with Gasteiger partial charge in [-0.15, -0.1) is 0 Å². The Balaban J connectivity index is 1.48. The molecule has 1 N–H and O–H groups in total. The Bertz CT molecular complexity index is 667. The zero-order valence-electron chi connectivity index (χ0n) is 13.5. The average molecular weight is 309 g/mol. The van der Waals surface area contributed by atoms with E-state index in [4.69, 9.17) is 0 Å². The smallest absolute Gasteiger partial charge is 0.255 e. The summed E-state index contributed by atoms with van der Waals surface area (Å²) < 4.78 is 0. The summed E-state index contributed by atoms with van der Waals surface area (Å²) in [5.74, 6) is 0.142. The zero-order valence-corrected chi connectivity index (χ0v) is 13.5. The molecule has 3 rings (SSSR count). The molecule has 0 atom stereocenters. The first kappa shape index (κ1) is 15.6. The fourth-order valence-electron chi connectivity index (χ4n) is 2.89. The van der Waals surface area contributed by atoms with Crippen molar-refractivity contribution in [3.05, 3.63) is 65.5 Å². The number of nitrogens with one attached hydrogen (secondary N) is 1. The van der Waals surface area contributed by atoms with Crippen molar-refractivity contribution in [2.24, 2.45) is 0 Å². The number of H-pyrrole nitrogens is 1. The van der Waals surface area contributed by atoms with Gasteiger partial charge in [0.25, 0.3) is 5.91 Å². The highest BCUT2D eigenvalue weighted by Crippen LogP contribution is 2.12. The molecule has 0 aliphatic carbocycles. The third-order valence-corrected chi connectivity index (χ3v) is 4.32. The second kappa shape index (κ2) is 7.29. The summed E-state index contributed by atoms with van der Waals surface area (Å²) in [6.07, 6.45) is 6.18. The Labute approximate surface area is 137 Å². The third kappa shape index (κ3) is 3.90. The molecule has 0 unspecified atom stereocenters. The van der Waals surface area contributed by atoms with Gasteiger partial charge in [0.2, 0.25) is 0 Å². The molecule has 23 heavy (non-hydrogen) atoms. The Morgan fingerprint density at radius 2 is 1.87 bits per heavy atom. The molecular weight excluding hydrogens is 286 g/mol. The second-order valence-electron chi connectivity index (χ2n) is 5.92. The average Bonchev–Trinajstić information content (AvgIpc) is 3.02. The molecule has 2 heterocycles. The molecule has 2 aromatic rings. The summed E-state index contributed by atoms with van der Waals surface area (Å²) >= 11 is 0. The topological polar surface area (TPSA) is 39.3 Å². The normalized spacial score (nSPS) is 16.1. The number of aromatic amines is 1. The van der Waals surface area contributed by atoms with Crippen LogP contribution in [0.3, 0.4) is 0 Å². The van der Waals surface area contributed by atoms with E-state index in [0.717, 1.165) is 44.0 Å². The van der Waals surface area contributed by atoms with E-state index in [2.05, 4.69) is 34.2 Å².